The van der Waals surface area contributed by atoms with Crippen LogP contribution in [0.3, 0.4) is 0 Å². The highest BCUT2D eigenvalue weighted by atomic mass is 16.1. The summed E-state index contributed by atoms with van der Waals surface area (Å²) in [5.41, 5.74) is 6.70. The lowest BCUT2D eigenvalue weighted by Crippen LogP contribution is -2.10. The van der Waals surface area contributed by atoms with Gasteiger partial charge >= 0.3 is 0 Å². The van der Waals surface area contributed by atoms with Gasteiger partial charge in [0.15, 0.2) is 6.29 Å². The number of hydrogen-bond acceptors (Lipinski definition) is 1. The number of rotatable bonds is 3. The maximum absolute atomic E-state index is 11.4. The van der Waals surface area contributed by atoms with Crippen LogP contribution in [0.15, 0.2) is 84.9 Å². The molecule has 0 saturated heterocycles. The highest BCUT2D eigenvalue weighted by Crippen LogP contribution is 2.33. The van der Waals surface area contributed by atoms with Crippen LogP contribution in [0.25, 0.3) is 33.0 Å². The van der Waals surface area contributed by atoms with Gasteiger partial charge in [-0.2, -0.15) is 0 Å². The quantitative estimate of drug-likeness (QED) is 0.349. The summed E-state index contributed by atoms with van der Waals surface area (Å²) in [6.45, 7) is 6.70. The van der Waals surface area contributed by atoms with E-state index in [0.29, 0.717) is 0 Å². The predicted molar refractivity (Wildman–Crippen MR) is 119 cm³/mol. The molecule has 0 aliphatic rings. The highest BCUT2D eigenvalue weighted by molar-refractivity contribution is 5.99. The molecule has 4 aromatic carbocycles. The van der Waals surface area contributed by atoms with Gasteiger partial charge < -0.3 is 0 Å². The Balaban J connectivity index is 1.81. The van der Waals surface area contributed by atoms with E-state index >= 15 is 0 Å². The molecule has 0 atom stereocenters. The minimum atomic E-state index is 0.151. The molecule has 4 rings (SSSR count). The van der Waals surface area contributed by atoms with Crippen LogP contribution in [-0.2, 0) is 5.41 Å². The van der Waals surface area contributed by atoms with Crippen molar-refractivity contribution in [2.45, 2.75) is 26.2 Å². The zero-order valence-electron chi connectivity index (χ0n) is 16.6. The third kappa shape index (κ3) is 3.36. The van der Waals surface area contributed by atoms with Gasteiger partial charge in [0, 0.05) is 5.56 Å². The third-order valence-corrected chi connectivity index (χ3v) is 5.34. The van der Waals surface area contributed by atoms with Crippen molar-refractivity contribution in [2.75, 3.05) is 0 Å². The van der Waals surface area contributed by atoms with Crippen molar-refractivity contribution in [1.82, 2.24) is 0 Å². The molecule has 0 unspecified atom stereocenters. The molecule has 0 saturated carbocycles. The lowest BCUT2D eigenvalue weighted by molar-refractivity contribution is 0.112. The summed E-state index contributed by atoms with van der Waals surface area (Å²) in [4.78, 5) is 11.4. The summed E-state index contributed by atoms with van der Waals surface area (Å²) in [5, 5.41) is 2.40. The highest BCUT2D eigenvalue weighted by Gasteiger charge is 2.14. The number of benzene rings is 4. The van der Waals surface area contributed by atoms with Gasteiger partial charge in [0.05, 0.1) is 0 Å². The zero-order chi connectivity index (χ0) is 19.7. The Hall–Kier alpha value is -3.19. The van der Waals surface area contributed by atoms with E-state index in [0.717, 1.165) is 23.0 Å². The molecule has 0 amide bonds. The van der Waals surface area contributed by atoms with Crippen molar-refractivity contribution in [3.63, 3.8) is 0 Å². The average Bonchev–Trinajstić information content (AvgIpc) is 2.72. The van der Waals surface area contributed by atoms with Gasteiger partial charge in [-0.1, -0.05) is 99.6 Å². The van der Waals surface area contributed by atoms with E-state index < -0.39 is 0 Å². The molecule has 4 aromatic rings. The molecule has 138 valence electrons. The van der Waals surface area contributed by atoms with Crippen molar-refractivity contribution in [2.24, 2.45) is 0 Å². The molecule has 0 aromatic heterocycles. The Labute approximate surface area is 166 Å². The molecule has 1 heteroatoms. The molecule has 1 nitrogen and oxygen atoms in total. The van der Waals surface area contributed by atoms with E-state index in [9.17, 15) is 4.79 Å². The number of carbonyl (C=O) groups is 1. The lowest BCUT2D eigenvalue weighted by atomic mass is 9.86. The van der Waals surface area contributed by atoms with Crippen LogP contribution in [0.5, 0.6) is 0 Å². The second-order valence-electron chi connectivity index (χ2n) is 8.27. The third-order valence-electron chi connectivity index (χ3n) is 5.34. The van der Waals surface area contributed by atoms with E-state index in [2.05, 4.69) is 81.4 Å². The van der Waals surface area contributed by atoms with Crippen LogP contribution in [0.4, 0.5) is 0 Å². The van der Waals surface area contributed by atoms with E-state index in [-0.39, 0.29) is 5.41 Å². The van der Waals surface area contributed by atoms with Crippen molar-refractivity contribution >= 4 is 17.1 Å². The number of fused-ring (bicyclic) bond motifs is 1. The first-order valence-corrected chi connectivity index (χ1v) is 9.66. The van der Waals surface area contributed by atoms with E-state index in [1.165, 1.54) is 27.5 Å². The van der Waals surface area contributed by atoms with E-state index in [1.54, 1.807) is 0 Å². The second-order valence-corrected chi connectivity index (χ2v) is 8.27. The first-order valence-electron chi connectivity index (χ1n) is 9.66. The number of carbonyl (C=O) groups excluding carboxylic acids is 1. The summed E-state index contributed by atoms with van der Waals surface area (Å²) >= 11 is 0. The van der Waals surface area contributed by atoms with Crippen LogP contribution in [0.1, 0.15) is 36.7 Å². The Morgan fingerprint density at radius 1 is 0.679 bits per heavy atom. The Morgan fingerprint density at radius 3 is 2.07 bits per heavy atom. The van der Waals surface area contributed by atoms with Crippen molar-refractivity contribution in [3.8, 4) is 22.3 Å². The molecule has 0 N–H and O–H groups in total. The second kappa shape index (κ2) is 7.09. The van der Waals surface area contributed by atoms with Crippen LogP contribution in [0, 0.1) is 0 Å². The van der Waals surface area contributed by atoms with Gasteiger partial charge in [-0.3, -0.25) is 4.79 Å². The first-order chi connectivity index (χ1) is 13.5. The van der Waals surface area contributed by atoms with Crippen LogP contribution >= 0.6 is 0 Å². The van der Waals surface area contributed by atoms with Gasteiger partial charge in [0.2, 0.25) is 0 Å². The minimum absolute atomic E-state index is 0.151. The Kier molecular flexibility index (Phi) is 4.60. The maximum atomic E-state index is 11.4. The fourth-order valence-electron chi connectivity index (χ4n) is 3.72. The summed E-state index contributed by atoms with van der Waals surface area (Å²) < 4.78 is 0. The van der Waals surface area contributed by atoms with Gasteiger partial charge in [0.1, 0.15) is 0 Å². The summed E-state index contributed by atoms with van der Waals surface area (Å²) in [6.07, 6.45) is 0.923. The van der Waals surface area contributed by atoms with Crippen molar-refractivity contribution in [1.29, 1.82) is 0 Å². The summed E-state index contributed by atoms with van der Waals surface area (Å²) in [7, 11) is 0. The molecule has 0 aliphatic carbocycles. The summed E-state index contributed by atoms with van der Waals surface area (Å²) in [6, 6.07) is 29.5. The lowest BCUT2D eigenvalue weighted by Gasteiger charge is -2.19. The topological polar surface area (TPSA) is 17.1 Å². The molecule has 0 aliphatic heterocycles. The van der Waals surface area contributed by atoms with Crippen molar-refractivity contribution < 1.29 is 4.79 Å². The maximum Gasteiger partial charge on any atom is 0.150 e. The first kappa shape index (κ1) is 18.2. The van der Waals surface area contributed by atoms with Crippen LogP contribution in [0.2, 0.25) is 0 Å². The molecular formula is C27H24O. The molecule has 0 bridgehead atoms. The molecule has 0 radical (unpaired) electrons. The largest absolute Gasteiger partial charge is 0.298 e. The van der Waals surface area contributed by atoms with Gasteiger partial charge in [-0.15, -0.1) is 0 Å². The van der Waals surface area contributed by atoms with Gasteiger partial charge in [0.25, 0.3) is 0 Å². The summed E-state index contributed by atoms with van der Waals surface area (Å²) in [5.74, 6) is 0. The fraction of sp³-hybridized carbons (Fsp3) is 0.148. The molecule has 0 fully saturated rings. The van der Waals surface area contributed by atoms with E-state index in [1.807, 2.05) is 24.3 Å². The van der Waals surface area contributed by atoms with Gasteiger partial charge in [-0.05, 0) is 50.1 Å². The molecule has 0 heterocycles. The van der Waals surface area contributed by atoms with Crippen LogP contribution < -0.4 is 0 Å². The number of hydrogen-bond donors (Lipinski definition) is 0. The molecule has 0 spiro atoms. The zero-order valence-corrected chi connectivity index (χ0v) is 16.6. The van der Waals surface area contributed by atoms with Gasteiger partial charge in [-0.25, -0.2) is 0 Å². The smallest absolute Gasteiger partial charge is 0.150 e. The molecule has 28 heavy (non-hydrogen) atoms. The van der Waals surface area contributed by atoms with E-state index in [4.69, 9.17) is 0 Å². The Morgan fingerprint density at radius 2 is 1.36 bits per heavy atom. The molecular weight excluding hydrogens is 340 g/mol. The fourth-order valence-corrected chi connectivity index (χ4v) is 3.72. The van der Waals surface area contributed by atoms with Crippen LogP contribution in [-0.4, -0.2) is 6.29 Å². The normalized spacial score (nSPS) is 11.5. The average molecular weight is 364 g/mol. The Bertz CT molecular complexity index is 1140. The number of aldehydes is 1. The predicted octanol–water partition coefficient (Wildman–Crippen LogP) is 7.28. The monoisotopic (exact) mass is 364 g/mol. The standard InChI is InChI=1S/C27H24O/c1-27(2,3)23-14-11-19(12-15-23)25-10-6-8-20-17-21(13-16-26(20)25)24-9-5-4-7-22(24)18-28/h4-18H,1-3H3. The van der Waals surface area contributed by atoms with Crippen molar-refractivity contribution in [3.05, 3.63) is 96.1 Å². The minimum Gasteiger partial charge on any atom is -0.298 e. The SMILES string of the molecule is CC(C)(C)c1ccc(-c2cccc3cc(-c4ccccc4C=O)ccc23)cc1.